The van der Waals surface area contributed by atoms with Crippen LogP contribution < -0.4 is 5.32 Å². The zero-order chi connectivity index (χ0) is 21.0. The molecule has 3 rings (SSSR count). The van der Waals surface area contributed by atoms with E-state index in [-0.39, 0.29) is 18.9 Å². The largest absolute Gasteiger partial charge is 0.455 e. The number of hydrogen-bond acceptors (Lipinski definition) is 4. The number of amides is 2. The number of rotatable bonds is 6. The van der Waals surface area contributed by atoms with Crippen molar-refractivity contribution in [1.82, 2.24) is 4.90 Å². The number of esters is 1. The van der Waals surface area contributed by atoms with E-state index in [1.807, 2.05) is 31.2 Å². The van der Waals surface area contributed by atoms with E-state index in [0.29, 0.717) is 22.3 Å². The molecule has 0 aromatic heterocycles. The predicted molar refractivity (Wildman–Crippen MR) is 111 cm³/mol. The summed E-state index contributed by atoms with van der Waals surface area (Å²) in [5.41, 5.74) is 2.59. The molecule has 29 heavy (non-hydrogen) atoms. The Hall–Kier alpha value is -2.57. The number of benzene rings is 2. The van der Waals surface area contributed by atoms with E-state index in [9.17, 15) is 14.4 Å². The lowest BCUT2D eigenvalue weighted by atomic mass is 10.1. The van der Waals surface area contributed by atoms with Gasteiger partial charge < -0.3 is 15.0 Å². The molecule has 1 atom stereocenters. The van der Waals surface area contributed by atoms with Crippen LogP contribution in [0.4, 0.5) is 5.69 Å². The van der Waals surface area contributed by atoms with Gasteiger partial charge in [0.2, 0.25) is 5.91 Å². The smallest absolute Gasteiger partial charge is 0.311 e. The molecule has 2 aromatic rings. The zero-order valence-electron chi connectivity index (χ0n) is 15.8. The second kappa shape index (κ2) is 9.29. The minimum absolute atomic E-state index is 0.0824. The van der Waals surface area contributed by atoms with E-state index in [1.54, 1.807) is 17.0 Å². The molecule has 0 aliphatic carbocycles. The number of carbonyl (C=O) groups excluding carboxylic acids is 3. The molecule has 1 aliphatic rings. The number of halogens is 2. The van der Waals surface area contributed by atoms with Crippen LogP contribution in [0.15, 0.2) is 42.5 Å². The third-order valence-electron chi connectivity index (χ3n) is 4.59. The fourth-order valence-electron chi connectivity index (χ4n) is 3.02. The van der Waals surface area contributed by atoms with E-state index >= 15 is 0 Å². The molecule has 1 fully saturated rings. The summed E-state index contributed by atoms with van der Waals surface area (Å²) in [4.78, 5) is 38.1. The van der Waals surface area contributed by atoms with Crippen LogP contribution >= 0.6 is 23.2 Å². The van der Waals surface area contributed by atoms with Gasteiger partial charge in [-0.1, -0.05) is 53.0 Å². The van der Waals surface area contributed by atoms with Gasteiger partial charge in [0.25, 0.3) is 5.91 Å². The lowest BCUT2D eigenvalue weighted by molar-refractivity contribution is -0.151. The maximum Gasteiger partial charge on any atom is 0.311 e. The first kappa shape index (κ1) is 21.1. The number of likely N-dealkylation sites (tertiary alicyclic amines) is 1. The van der Waals surface area contributed by atoms with Crippen LogP contribution in [-0.2, 0) is 25.7 Å². The first-order chi connectivity index (χ1) is 13.8. The Bertz CT molecular complexity index is 931. The van der Waals surface area contributed by atoms with Crippen molar-refractivity contribution >= 4 is 46.7 Å². The summed E-state index contributed by atoms with van der Waals surface area (Å²) >= 11 is 11.7. The molecule has 8 heteroatoms. The Kier molecular flexibility index (Phi) is 6.77. The Morgan fingerprint density at radius 1 is 1.14 bits per heavy atom. The van der Waals surface area contributed by atoms with Gasteiger partial charge in [0, 0.05) is 25.2 Å². The van der Waals surface area contributed by atoms with Crippen molar-refractivity contribution in [3.05, 3.63) is 63.6 Å². The minimum atomic E-state index is -0.578. The van der Waals surface area contributed by atoms with E-state index in [0.717, 1.165) is 11.1 Å². The molecule has 0 radical (unpaired) electrons. The van der Waals surface area contributed by atoms with Crippen LogP contribution in [0, 0.1) is 12.8 Å². The average molecular weight is 435 g/mol. The van der Waals surface area contributed by atoms with Gasteiger partial charge >= 0.3 is 5.97 Å². The highest BCUT2D eigenvalue weighted by atomic mass is 35.5. The first-order valence-corrected chi connectivity index (χ1v) is 9.82. The van der Waals surface area contributed by atoms with E-state index in [1.165, 1.54) is 6.07 Å². The average Bonchev–Trinajstić information content (AvgIpc) is 3.05. The first-order valence-electron chi connectivity index (χ1n) is 9.06. The summed E-state index contributed by atoms with van der Waals surface area (Å²) in [6, 6.07) is 12.5. The van der Waals surface area contributed by atoms with Crippen LogP contribution in [0.2, 0.25) is 10.0 Å². The van der Waals surface area contributed by atoms with Crippen molar-refractivity contribution in [1.29, 1.82) is 0 Å². The van der Waals surface area contributed by atoms with E-state index in [4.69, 9.17) is 27.9 Å². The predicted octanol–water partition coefficient (Wildman–Crippen LogP) is 3.83. The number of anilines is 1. The van der Waals surface area contributed by atoms with Gasteiger partial charge in [0.1, 0.15) is 0 Å². The normalized spacial score (nSPS) is 16.0. The van der Waals surface area contributed by atoms with Crippen LogP contribution in [0.1, 0.15) is 17.5 Å². The van der Waals surface area contributed by atoms with Gasteiger partial charge in [0.15, 0.2) is 6.61 Å². The molecule has 0 spiro atoms. The summed E-state index contributed by atoms with van der Waals surface area (Å²) in [5, 5.41) is 3.25. The standard InChI is InChI=1S/C21H20Cl2N2O4/c1-13-2-4-14(5-3-13)10-25-11-15(8-20(25)27)21(28)29-12-19(26)24-16-6-7-17(22)18(23)9-16/h2-7,9,15H,8,10-12H2,1H3,(H,24,26)/t15-/m0/s1. The Labute approximate surface area is 178 Å². The Morgan fingerprint density at radius 3 is 2.55 bits per heavy atom. The molecule has 152 valence electrons. The second-order valence-electron chi connectivity index (χ2n) is 6.95. The monoisotopic (exact) mass is 434 g/mol. The molecular formula is C21H20Cl2N2O4. The molecule has 1 heterocycles. The molecule has 1 saturated heterocycles. The van der Waals surface area contributed by atoms with Crippen LogP contribution in [0.5, 0.6) is 0 Å². The molecule has 2 amide bonds. The van der Waals surface area contributed by atoms with Crippen molar-refractivity contribution in [2.75, 3.05) is 18.5 Å². The summed E-state index contributed by atoms with van der Waals surface area (Å²) in [6.07, 6.45) is 0.0824. The van der Waals surface area contributed by atoms with Gasteiger partial charge in [0.05, 0.1) is 16.0 Å². The van der Waals surface area contributed by atoms with E-state index in [2.05, 4.69) is 5.32 Å². The minimum Gasteiger partial charge on any atom is -0.455 e. The maximum absolute atomic E-state index is 12.3. The molecule has 0 saturated carbocycles. The van der Waals surface area contributed by atoms with Crippen molar-refractivity contribution in [3.8, 4) is 0 Å². The fraction of sp³-hybridized carbons (Fsp3) is 0.286. The molecule has 2 aromatic carbocycles. The Morgan fingerprint density at radius 2 is 1.86 bits per heavy atom. The molecular weight excluding hydrogens is 415 g/mol. The number of carbonyl (C=O) groups is 3. The van der Waals surface area contributed by atoms with Crippen LogP contribution in [-0.4, -0.2) is 35.8 Å². The molecule has 6 nitrogen and oxygen atoms in total. The highest BCUT2D eigenvalue weighted by molar-refractivity contribution is 6.42. The third-order valence-corrected chi connectivity index (χ3v) is 5.33. The summed E-state index contributed by atoms with van der Waals surface area (Å²) in [6.45, 7) is 2.27. The highest BCUT2D eigenvalue weighted by Gasteiger charge is 2.35. The Balaban J connectivity index is 1.47. The molecule has 1 aliphatic heterocycles. The van der Waals surface area contributed by atoms with Gasteiger partial charge in [-0.15, -0.1) is 0 Å². The lowest BCUT2D eigenvalue weighted by Crippen LogP contribution is -2.28. The van der Waals surface area contributed by atoms with Gasteiger partial charge in [-0.3, -0.25) is 14.4 Å². The van der Waals surface area contributed by atoms with Gasteiger partial charge in [-0.2, -0.15) is 0 Å². The summed E-state index contributed by atoms with van der Waals surface area (Å²) < 4.78 is 5.09. The van der Waals surface area contributed by atoms with Crippen molar-refractivity contribution in [2.24, 2.45) is 5.92 Å². The maximum atomic E-state index is 12.3. The number of ether oxygens (including phenoxy) is 1. The number of nitrogens with one attached hydrogen (secondary N) is 1. The highest BCUT2D eigenvalue weighted by Crippen LogP contribution is 2.25. The molecule has 0 bridgehead atoms. The van der Waals surface area contributed by atoms with Crippen molar-refractivity contribution in [3.63, 3.8) is 0 Å². The zero-order valence-corrected chi connectivity index (χ0v) is 17.3. The molecule has 0 unspecified atom stereocenters. The summed E-state index contributed by atoms with van der Waals surface area (Å²) in [7, 11) is 0. The number of nitrogens with zero attached hydrogens (tertiary/aromatic N) is 1. The topological polar surface area (TPSA) is 75.7 Å². The van der Waals surface area contributed by atoms with Gasteiger partial charge in [-0.05, 0) is 30.7 Å². The van der Waals surface area contributed by atoms with Crippen LogP contribution in [0.25, 0.3) is 0 Å². The number of hydrogen-bond donors (Lipinski definition) is 1. The quantitative estimate of drug-likeness (QED) is 0.700. The third kappa shape index (κ3) is 5.71. The summed E-state index contributed by atoms with van der Waals surface area (Å²) in [5.74, 6) is -1.75. The fourth-order valence-corrected chi connectivity index (χ4v) is 3.32. The van der Waals surface area contributed by atoms with Crippen molar-refractivity contribution < 1.29 is 19.1 Å². The van der Waals surface area contributed by atoms with Crippen LogP contribution in [0.3, 0.4) is 0 Å². The molecule has 1 N–H and O–H groups in total. The second-order valence-corrected chi connectivity index (χ2v) is 7.76. The number of aryl methyl sites for hydroxylation is 1. The van der Waals surface area contributed by atoms with E-state index < -0.39 is 24.4 Å². The lowest BCUT2D eigenvalue weighted by Gasteiger charge is -2.16. The SMILES string of the molecule is Cc1ccc(CN2C[C@@H](C(=O)OCC(=O)Nc3ccc(Cl)c(Cl)c3)CC2=O)cc1. The van der Waals surface area contributed by atoms with Gasteiger partial charge in [-0.25, -0.2) is 0 Å². The van der Waals surface area contributed by atoms with Crippen molar-refractivity contribution in [2.45, 2.75) is 19.9 Å².